The molecule has 5 heteroatoms. The van der Waals surface area contributed by atoms with Crippen LogP contribution in [0.4, 0.5) is 5.69 Å². The van der Waals surface area contributed by atoms with Crippen LogP contribution in [0.25, 0.3) is 0 Å². The van der Waals surface area contributed by atoms with E-state index in [1.807, 2.05) is 19.1 Å². The van der Waals surface area contributed by atoms with Crippen molar-refractivity contribution in [3.8, 4) is 0 Å². The number of nitrogens with zero attached hydrogens (tertiary/aromatic N) is 2. The summed E-state index contributed by atoms with van der Waals surface area (Å²) in [5.41, 5.74) is 6.66. The average molecular weight is 421 g/mol. The molecular weight excluding hydrogens is 392 g/mol. The fraction of sp³-hybridized carbons (Fsp3) is 0.440. The second-order valence-corrected chi connectivity index (χ2v) is 11.4. The van der Waals surface area contributed by atoms with Crippen molar-refractivity contribution in [1.29, 1.82) is 0 Å². The van der Waals surface area contributed by atoms with Crippen molar-refractivity contribution in [3.05, 3.63) is 70.8 Å². The smallest absolute Gasteiger partial charge is 0.243 e. The van der Waals surface area contributed by atoms with Gasteiger partial charge < -0.3 is 4.90 Å². The predicted octanol–water partition coefficient (Wildman–Crippen LogP) is 4.33. The van der Waals surface area contributed by atoms with Crippen molar-refractivity contribution in [2.75, 3.05) is 24.5 Å². The maximum absolute atomic E-state index is 13.5. The van der Waals surface area contributed by atoms with Crippen molar-refractivity contribution in [2.24, 2.45) is 11.8 Å². The fourth-order valence-corrected chi connectivity index (χ4v) is 7.55. The molecule has 156 valence electrons. The third kappa shape index (κ3) is 2.58. The Morgan fingerprint density at radius 1 is 0.900 bits per heavy atom. The van der Waals surface area contributed by atoms with E-state index in [-0.39, 0.29) is 0 Å². The lowest BCUT2D eigenvalue weighted by Crippen LogP contribution is -2.54. The lowest BCUT2D eigenvalue weighted by Gasteiger charge is -2.51. The average Bonchev–Trinajstić information content (AvgIpc) is 3.49. The molecule has 2 heterocycles. The second-order valence-electron chi connectivity index (χ2n) is 9.47. The summed E-state index contributed by atoms with van der Waals surface area (Å²) in [5.74, 6) is 1.98. The number of benzene rings is 2. The van der Waals surface area contributed by atoms with Crippen LogP contribution in [0.1, 0.15) is 36.8 Å². The molecule has 0 unspecified atom stereocenters. The Morgan fingerprint density at radius 2 is 1.63 bits per heavy atom. The minimum Gasteiger partial charge on any atom is -0.363 e. The van der Waals surface area contributed by atoms with E-state index in [1.54, 1.807) is 16.4 Å². The Hall–Kier alpha value is -2.11. The van der Waals surface area contributed by atoms with Gasteiger partial charge in [-0.1, -0.05) is 41.5 Å². The van der Waals surface area contributed by atoms with Gasteiger partial charge in [0.05, 0.1) is 10.9 Å². The number of hydrogen-bond acceptors (Lipinski definition) is 3. The van der Waals surface area contributed by atoms with Crippen molar-refractivity contribution in [2.45, 2.75) is 43.5 Å². The predicted molar refractivity (Wildman–Crippen MR) is 119 cm³/mol. The van der Waals surface area contributed by atoms with Gasteiger partial charge in [0, 0.05) is 31.2 Å². The van der Waals surface area contributed by atoms with Gasteiger partial charge in [-0.2, -0.15) is 4.31 Å². The molecule has 0 spiro atoms. The summed E-state index contributed by atoms with van der Waals surface area (Å²) in [4.78, 5) is 2.89. The first-order valence-corrected chi connectivity index (χ1v) is 12.5. The van der Waals surface area contributed by atoms with Gasteiger partial charge in [-0.3, -0.25) is 0 Å². The highest BCUT2D eigenvalue weighted by Crippen LogP contribution is 2.65. The third-order valence-corrected chi connectivity index (χ3v) is 9.49. The molecule has 0 N–H and O–H groups in total. The molecule has 30 heavy (non-hydrogen) atoms. The highest BCUT2D eigenvalue weighted by atomic mass is 32.2. The number of fused-ring (bicyclic) bond motifs is 3. The highest BCUT2D eigenvalue weighted by molar-refractivity contribution is 7.89. The molecule has 6 rings (SSSR count). The van der Waals surface area contributed by atoms with Gasteiger partial charge in [0.1, 0.15) is 0 Å². The summed E-state index contributed by atoms with van der Waals surface area (Å²) in [7, 11) is -3.51. The molecule has 0 aromatic heterocycles. The Balaban J connectivity index is 1.42. The van der Waals surface area contributed by atoms with Crippen molar-refractivity contribution >= 4 is 15.7 Å². The van der Waals surface area contributed by atoms with Gasteiger partial charge in [-0.15, -0.1) is 0 Å². The molecule has 2 aromatic rings. The van der Waals surface area contributed by atoms with E-state index in [0.29, 0.717) is 35.9 Å². The van der Waals surface area contributed by atoms with E-state index in [1.165, 1.54) is 35.2 Å². The van der Waals surface area contributed by atoms with Crippen LogP contribution in [0.5, 0.6) is 0 Å². The number of para-hydroxylation sites is 1. The molecule has 0 radical (unpaired) electrons. The van der Waals surface area contributed by atoms with E-state index in [4.69, 9.17) is 0 Å². The van der Waals surface area contributed by atoms with Crippen LogP contribution in [0.3, 0.4) is 0 Å². The molecule has 3 atom stereocenters. The molecule has 2 aromatic carbocycles. The van der Waals surface area contributed by atoms with Gasteiger partial charge in [-0.05, 0) is 67.9 Å². The Bertz CT molecular complexity index is 1150. The normalized spacial score (nSPS) is 30.9. The molecule has 4 nitrogen and oxygen atoms in total. The van der Waals surface area contributed by atoms with Crippen LogP contribution < -0.4 is 4.90 Å². The highest BCUT2D eigenvalue weighted by Gasteiger charge is 2.59. The number of sulfonamides is 1. The lowest BCUT2D eigenvalue weighted by atomic mass is 9.60. The van der Waals surface area contributed by atoms with Crippen LogP contribution in [-0.2, 0) is 10.0 Å². The van der Waals surface area contributed by atoms with Crippen LogP contribution in [0.2, 0.25) is 0 Å². The molecule has 0 saturated heterocycles. The SMILES string of the molecule is C/C1=C2/[C@@H]3[C@@H](c4ccccc4N3CCN(S(=O)(=O)c3ccc(C)cc3)C1)[C@@H]2C1CC1. The largest absolute Gasteiger partial charge is 0.363 e. The number of rotatable bonds is 3. The first-order chi connectivity index (χ1) is 14.5. The van der Waals surface area contributed by atoms with E-state index >= 15 is 0 Å². The van der Waals surface area contributed by atoms with Crippen molar-refractivity contribution in [1.82, 2.24) is 4.31 Å². The van der Waals surface area contributed by atoms with Crippen LogP contribution in [-0.4, -0.2) is 38.4 Å². The monoisotopic (exact) mass is 420 g/mol. The molecule has 2 aliphatic heterocycles. The minimum absolute atomic E-state index is 0.398. The Morgan fingerprint density at radius 3 is 2.37 bits per heavy atom. The zero-order chi connectivity index (χ0) is 20.6. The Labute approximate surface area is 179 Å². The van der Waals surface area contributed by atoms with Crippen LogP contribution in [0, 0.1) is 18.8 Å². The fourth-order valence-electron chi connectivity index (χ4n) is 6.09. The summed E-state index contributed by atoms with van der Waals surface area (Å²) in [5, 5.41) is 0. The van der Waals surface area contributed by atoms with E-state index < -0.39 is 10.0 Å². The van der Waals surface area contributed by atoms with Gasteiger partial charge in [0.15, 0.2) is 0 Å². The summed E-state index contributed by atoms with van der Waals surface area (Å²) < 4.78 is 28.7. The summed E-state index contributed by atoms with van der Waals surface area (Å²) in [6.45, 7) is 5.94. The summed E-state index contributed by atoms with van der Waals surface area (Å²) in [6.07, 6.45) is 2.64. The van der Waals surface area contributed by atoms with Gasteiger partial charge in [0.25, 0.3) is 0 Å². The molecular formula is C25H28N2O2S. The second kappa shape index (κ2) is 6.44. The Kier molecular flexibility index (Phi) is 4.00. The minimum atomic E-state index is -3.51. The van der Waals surface area contributed by atoms with Crippen LogP contribution >= 0.6 is 0 Å². The first kappa shape index (κ1) is 18.6. The van der Waals surface area contributed by atoms with Gasteiger partial charge >= 0.3 is 0 Å². The van der Waals surface area contributed by atoms with E-state index in [9.17, 15) is 8.42 Å². The zero-order valence-electron chi connectivity index (χ0n) is 17.6. The number of aryl methyl sites for hydroxylation is 1. The molecule has 0 bridgehead atoms. The standard InChI is InChI=1S/C25H28N2O2S/c1-16-7-11-19(12-8-16)30(28,29)26-13-14-27-21-6-4-3-5-20(21)24-23(18-9-10-18)22(25(24)27)17(2)15-26/h3-8,11-12,18,23-25H,9-10,13-15H2,1-2H3/b22-17-/t23-,24+,25-/m1/s1. The van der Waals surface area contributed by atoms with Gasteiger partial charge in [-0.25, -0.2) is 8.42 Å². The maximum atomic E-state index is 13.5. The maximum Gasteiger partial charge on any atom is 0.243 e. The third-order valence-electron chi connectivity index (χ3n) is 7.63. The van der Waals surface area contributed by atoms with Crippen molar-refractivity contribution in [3.63, 3.8) is 0 Å². The van der Waals surface area contributed by atoms with Crippen molar-refractivity contribution < 1.29 is 8.42 Å². The number of anilines is 1. The first-order valence-electron chi connectivity index (χ1n) is 11.1. The van der Waals surface area contributed by atoms with Gasteiger partial charge in [0.2, 0.25) is 10.0 Å². The molecule has 2 fully saturated rings. The quantitative estimate of drug-likeness (QED) is 0.694. The lowest BCUT2D eigenvalue weighted by molar-refractivity contribution is 0.274. The molecule has 0 amide bonds. The zero-order valence-corrected chi connectivity index (χ0v) is 18.4. The topological polar surface area (TPSA) is 40.6 Å². The summed E-state index contributed by atoms with van der Waals surface area (Å²) in [6, 6.07) is 16.5. The molecule has 4 aliphatic rings. The van der Waals surface area contributed by atoms with E-state index in [2.05, 4.69) is 36.1 Å². The summed E-state index contributed by atoms with van der Waals surface area (Å²) >= 11 is 0. The van der Waals surface area contributed by atoms with Crippen LogP contribution in [0.15, 0.2) is 64.6 Å². The number of hydrogen-bond donors (Lipinski definition) is 0. The van der Waals surface area contributed by atoms with E-state index in [0.717, 1.165) is 18.0 Å². The molecule has 2 aliphatic carbocycles. The molecule has 2 saturated carbocycles.